The van der Waals surface area contributed by atoms with Gasteiger partial charge < -0.3 is 10.6 Å². The van der Waals surface area contributed by atoms with Gasteiger partial charge in [0.1, 0.15) is 0 Å². The second-order valence-electron chi connectivity index (χ2n) is 4.83. The van der Waals surface area contributed by atoms with E-state index in [-0.39, 0.29) is 5.92 Å². The van der Waals surface area contributed by atoms with Gasteiger partial charge in [0.25, 0.3) is 0 Å². The summed E-state index contributed by atoms with van der Waals surface area (Å²) < 4.78 is 37.7. The average Bonchev–Trinajstić information content (AvgIpc) is 2.28. The minimum absolute atomic E-state index is 0.192. The highest BCUT2D eigenvalue weighted by molar-refractivity contribution is 4.79. The Kier molecular flexibility index (Phi) is 6.27. The van der Waals surface area contributed by atoms with Crippen molar-refractivity contribution in [3.63, 3.8) is 0 Å². The van der Waals surface area contributed by atoms with Gasteiger partial charge in [-0.15, -0.1) is 0 Å². The van der Waals surface area contributed by atoms with E-state index in [9.17, 15) is 13.2 Å². The van der Waals surface area contributed by atoms with Crippen LogP contribution in [0.25, 0.3) is 0 Å². The number of hydrogen-bond acceptors (Lipinski definition) is 2. The molecule has 0 saturated heterocycles. The van der Waals surface area contributed by atoms with Gasteiger partial charge in [0.15, 0.2) is 0 Å². The van der Waals surface area contributed by atoms with E-state index in [1.54, 1.807) is 0 Å². The molecule has 5 heteroatoms. The maximum atomic E-state index is 12.6. The summed E-state index contributed by atoms with van der Waals surface area (Å²) in [7, 11) is 0. The first-order valence-electron chi connectivity index (χ1n) is 6.52. The van der Waals surface area contributed by atoms with Crippen molar-refractivity contribution in [2.75, 3.05) is 26.2 Å². The Labute approximate surface area is 101 Å². The summed E-state index contributed by atoms with van der Waals surface area (Å²) in [5, 5.41) is 6.41. The molecule has 2 unspecified atom stereocenters. The van der Waals surface area contributed by atoms with E-state index in [0.29, 0.717) is 19.3 Å². The number of alkyl halides is 3. The van der Waals surface area contributed by atoms with Gasteiger partial charge in [-0.05, 0) is 38.3 Å². The lowest BCUT2D eigenvalue weighted by Gasteiger charge is -2.30. The van der Waals surface area contributed by atoms with Gasteiger partial charge in [0.05, 0.1) is 5.92 Å². The van der Waals surface area contributed by atoms with Gasteiger partial charge in [0.2, 0.25) is 0 Å². The lowest BCUT2D eigenvalue weighted by molar-refractivity contribution is -0.185. The fourth-order valence-corrected chi connectivity index (χ4v) is 2.43. The van der Waals surface area contributed by atoms with Crippen molar-refractivity contribution in [1.29, 1.82) is 0 Å². The third kappa shape index (κ3) is 5.73. The molecule has 0 amide bonds. The highest BCUT2D eigenvalue weighted by Gasteiger charge is 2.41. The maximum absolute atomic E-state index is 12.6. The molecule has 0 aromatic carbocycles. The minimum atomic E-state index is -4.00. The molecule has 102 valence electrons. The zero-order valence-electron chi connectivity index (χ0n) is 10.4. The fourth-order valence-electron chi connectivity index (χ4n) is 2.43. The van der Waals surface area contributed by atoms with Gasteiger partial charge in [-0.1, -0.05) is 13.3 Å². The van der Waals surface area contributed by atoms with Crippen LogP contribution in [0.1, 0.15) is 32.6 Å². The molecule has 1 fully saturated rings. The molecule has 0 aromatic heterocycles. The second kappa shape index (κ2) is 7.21. The Morgan fingerprint density at radius 3 is 2.47 bits per heavy atom. The van der Waals surface area contributed by atoms with Crippen molar-refractivity contribution in [2.45, 2.75) is 38.8 Å². The first-order chi connectivity index (χ1) is 8.04. The summed E-state index contributed by atoms with van der Waals surface area (Å²) in [6.45, 7) is 5.40. The smallest absolute Gasteiger partial charge is 0.316 e. The quantitative estimate of drug-likeness (QED) is 0.710. The van der Waals surface area contributed by atoms with Gasteiger partial charge in [-0.25, -0.2) is 0 Å². The van der Waals surface area contributed by atoms with Crippen LogP contribution in [-0.4, -0.2) is 32.4 Å². The molecule has 0 bridgehead atoms. The van der Waals surface area contributed by atoms with Crippen LogP contribution in [0.5, 0.6) is 0 Å². The van der Waals surface area contributed by atoms with Crippen molar-refractivity contribution in [3.8, 4) is 0 Å². The first-order valence-corrected chi connectivity index (χ1v) is 6.52. The van der Waals surface area contributed by atoms with Crippen LogP contribution in [0.3, 0.4) is 0 Å². The predicted octanol–water partition coefficient (Wildman–Crippen LogP) is 2.55. The molecule has 2 atom stereocenters. The van der Waals surface area contributed by atoms with E-state index in [0.717, 1.165) is 32.6 Å². The van der Waals surface area contributed by atoms with Crippen LogP contribution in [0.4, 0.5) is 13.2 Å². The van der Waals surface area contributed by atoms with E-state index in [1.165, 1.54) is 0 Å². The van der Waals surface area contributed by atoms with E-state index in [2.05, 4.69) is 10.6 Å². The fraction of sp³-hybridized carbons (Fsp3) is 1.00. The predicted molar refractivity (Wildman–Crippen MR) is 62.9 cm³/mol. The Bertz CT molecular complexity index is 206. The molecule has 1 rings (SSSR count). The van der Waals surface area contributed by atoms with Gasteiger partial charge in [-0.2, -0.15) is 13.2 Å². The normalized spacial score (nSPS) is 26.1. The molecule has 1 saturated carbocycles. The molecular formula is C12H23F3N2. The molecule has 0 aromatic rings. The molecule has 17 heavy (non-hydrogen) atoms. The molecule has 1 aliphatic rings. The van der Waals surface area contributed by atoms with Gasteiger partial charge in [-0.3, -0.25) is 0 Å². The van der Waals surface area contributed by atoms with Crippen molar-refractivity contribution in [1.82, 2.24) is 10.6 Å². The molecule has 0 heterocycles. The average molecular weight is 252 g/mol. The Balaban J connectivity index is 2.17. The highest BCUT2D eigenvalue weighted by atomic mass is 19.4. The summed E-state index contributed by atoms with van der Waals surface area (Å²) >= 11 is 0. The zero-order chi connectivity index (χ0) is 12.7. The van der Waals surface area contributed by atoms with Crippen molar-refractivity contribution in [3.05, 3.63) is 0 Å². The topological polar surface area (TPSA) is 24.1 Å². The molecule has 1 aliphatic carbocycles. The third-order valence-electron chi connectivity index (χ3n) is 3.41. The van der Waals surface area contributed by atoms with Crippen molar-refractivity contribution >= 4 is 0 Å². The van der Waals surface area contributed by atoms with E-state index >= 15 is 0 Å². The van der Waals surface area contributed by atoms with Crippen LogP contribution in [-0.2, 0) is 0 Å². The lowest BCUT2D eigenvalue weighted by Crippen LogP contribution is -2.35. The molecule has 0 radical (unpaired) electrons. The number of likely N-dealkylation sites (N-methyl/N-ethyl adjacent to an activating group) is 1. The highest BCUT2D eigenvalue weighted by Crippen LogP contribution is 2.39. The van der Waals surface area contributed by atoms with Gasteiger partial charge in [0, 0.05) is 13.1 Å². The number of nitrogens with one attached hydrogen (secondary N) is 2. The summed E-state index contributed by atoms with van der Waals surface area (Å²) in [4.78, 5) is 0. The summed E-state index contributed by atoms with van der Waals surface area (Å²) in [5.41, 5.74) is 0. The molecule has 2 nitrogen and oxygen atoms in total. The van der Waals surface area contributed by atoms with Crippen LogP contribution in [0.15, 0.2) is 0 Å². The lowest BCUT2D eigenvalue weighted by atomic mass is 9.81. The standard InChI is InChI=1S/C12H23F3N2/c1-2-16-6-7-17-9-10-4-3-5-11(8-10)12(13,14)15/h10-11,16-17H,2-9H2,1H3. The monoisotopic (exact) mass is 252 g/mol. The molecule has 0 spiro atoms. The van der Waals surface area contributed by atoms with Gasteiger partial charge >= 0.3 is 6.18 Å². The van der Waals surface area contributed by atoms with E-state index in [1.807, 2.05) is 6.92 Å². The summed E-state index contributed by atoms with van der Waals surface area (Å²) in [5.74, 6) is -0.881. The molecule has 0 aliphatic heterocycles. The van der Waals surface area contributed by atoms with Crippen LogP contribution in [0, 0.1) is 11.8 Å². The SMILES string of the molecule is CCNCCNCC1CCCC(C(F)(F)F)C1. The number of hydrogen-bond donors (Lipinski definition) is 2. The first kappa shape index (κ1) is 14.8. The largest absolute Gasteiger partial charge is 0.391 e. The Morgan fingerprint density at radius 2 is 1.82 bits per heavy atom. The minimum Gasteiger partial charge on any atom is -0.316 e. The molecular weight excluding hydrogens is 229 g/mol. The Morgan fingerprint density at radius 1 is 1.12 bits per heavy atom. The van der Waals surface area contributed by atoms with E-state index < -0.39 is 12.1 Å². The van der Waals surface area contributed by atoms with Crippen LogP contribution in [0.2, 0.25) is 0 Å². The number of halogens is 3. The van der Waals surface area contributed by atoms with E-state index in [4.69, 9.17) is 0 Å². The Hall–Kier alpha value is -0.290. The zero-order valence-corrected chi connectivity index (χ0v) is 10.4. The summed E-state index contributed by atoms with van der Waals surface area (Å²) in [6, 6.07) is 0. The number of rotatable bonds is 6. The molecule has 2 N–H and O–H groups in total. The van der Waals surface area contributed by atoms with Crippen molar-refractivity contribution < 1.29 is 13.2 Å². The maximum Gasteiger partial charge on any atom is 0.391 e. The van der Waals surface area contributed by atoms with Crippen LogP contribution >= 0.6 is 0 Å². The summed E-state index contributed by atoms with van der Waals surface area (Å²) in [6.07, 6.45) is -1.73. The van der Waals surface area contributed by atoms with Crippen molar-refractivity contribution in [2.24, 2.45) is 11.8 Å². The van der Waals surface area contributed by atoms with Crippen LogP contribution < -0.4 is 10.6 Å². The second-order valence-corrected chi connectivity index (χ2v) is 4.83. The third-order valence-corrected chi connectivity index (χ3v) is 3.41.